The second kappa shape index (κ2) is 16.9. The summed E-state index contributed by atoms with van der Waals surface area (Å²) in [6, 6.07) is 13.9. The molecule has 0 spiro atoms. The van der Waals surface area contributed by atoms with Crippen molar-refractivity contribution in [2.75, 3.05) is 31.1 Å². The molecule has 3 aromatic rings. The number of carboxylic acids is 1. The number of pyridine rings is 1. The number of anilines is 1. The predicted molar refractivity (Wildman–Crippen MR) is 201 cm³/mol. The van der Waals surface area contributed by atoms with E-state index in [2.05, 4.69) is 54.1 Å². The van der Waals surface area contributed by atoms with Crippen LogP contribution in [0.2, 0.25) is 0 Å². The van der Waals surface area contributed by atoms with E-state index in [0.29, 0.717) is 43.1 Å². The maximum atomic E-state index is 14.0. The van der Waals surface area contributed by atoms with Gasteiger partial charge in [0.15, 0.2) is 6.10 Å². The van der Waals surface area contributed by atoms with Crippen molar-refractivity contribution in [1.82, 2.24) is 9.88 Å². The molecule has 1 aliphatic heterocycles. The predicted octanol–water partition coefficient (Wildman–Crippen LogP) is 9.28. The van der Waals surface area contributed by atoms with Gasteiger partial charge in [-0.3, -0.25) is 9.88 Å². The van der Waals surface area contributed by atoms with Crippen LogP contribution in [0.15, 0.2) is 67.8 Å². The summed E-state index contributed by atoms with van der Waals surface area (Å²) in [5.41, 5.74) is 6.73. The molecular weight excluding hydrogens is 629 g/mol. The van der Waals surface area contributed by atoms with Gasteiger partial charge in [0.2, 0.25) is 0 Å². The monoisotopic (exact) mass is 685 g/mol. The third kappa shape index (κ3) is 10.1. The van der Waals surface area contributed by atoms with Crippen LogP contribution in [0, 0.1) is 26.6 Å². The summed E-state index contributed by atoms with van der Waals surface area (Å²) in [5, 5.41) is 10.6. The van der Waals surface area contributed by atoms with Crippen molar-refractivity contribution in [2.24, 2.45) is 0 Å². The van der Waals surface area contributed by atoms with Gasteiger partial charge in [-0.15, -0.1) is 13.2 Å². The second-order valence-electron chi connectivity index (χ2n) is 14.8. The SMILES string of the molecule is C=CCCCN(Cc1ccc(-c2c(C)nc(C)c(C(OC(C)(C)C)C(=O)O)c2N2CCC(C)(OCC=C)CC2)cc1)Cc1ccc(F)c(C)c1. The zero-order chi connectivity index (χ0) is 36.6. The molecule has 2 heterocycles. The van der Waals surface area contributed by atoms with E-state index in [1.165, 1.54) is 0 Å². The number of rotatable bonds is 16. The molecule has 1 aromatic heterocycles. The Morgan fingerprint density at radius 1 is 1.04 bits per heavy atom. The van der Waals surface area contributed by atoms with Crippen molar-refractivity contribution in [3.8, 4) is 11.1 Å². The summed E-state index contributed by atoms with van der Waals surface area (Å²) in [6.45, 7) is 25.3. The smallest absolute Gasteiger partial charge is 0.337 e. The molecule has 7 nitrogen and oxygen atoms in total. The molecule has 0 amide bonds. The van der Waals surface area contributed by atoms with Gasteiger partial charge in [0, 0.05) is 48.7 Å². The molecule has 1 fully saturated rings. The summed E-state index contributed by atoms with van der Waals surface area (Å²) in [4.78, 5) is 22.5. The van der Waals surface area contributed by atoms with Crippen LogP contribution < -0.4 is 4.90 Å². The molecule has 1 aliphatic rings. The molecule has 0 saturated carbocycles. The molecule has 2 aromatic carbocycles. The number of carbonyl (C=O) groups is 1. The van der Waals surface area contributed by atoms with Gasteiger partial charge in [0.05, 0.1) is 23.5 Å². The Kier molecular flexibility index (Phi) is 13.2. The molecule has 0 aliphatic carbocycles. The molecule has 4 rings (SSSR count). The van der Waals surface area contributed by atoms with Crippen LogP contribution in [0.25, 0.3) is 11.1 Å². The lowest BCUT2D eigenvalue weighted by Gasteiger charge is -2.42. The van der Waals surface area contributed by atoms with Crippen molar-refractivity contribution < 1.29 is 23.8 Å². The van der Waals surface area contributed by atoms with Crippen LogP contribution >= 0.6 is 0 Å². The van der Waals surface area contributed by atoms with Gasteiger partial charge in [-0.05, 0) is 109 Å². The molecule has 8 heteroatoms. The number of hydrogen-bond acceptors (Lipinski definition) is 6. The lowest BCUT2D eigenvalue weighted by Crippen LogP contribution is -2.45. The fourth-order valence-corrected chi connectivity index (χ4v) is 6.80. The first-order chi connectivity index (χ1) is 23.6. The number of piperidine rings is 1. The Morgan fingerprint density at radius 3 is 2.26 bits per heavy atom. The number of allylic oxidation sites excluding steroid dienone is 1. The number of aliphatic carboxylic acids is 1. The van der Waals surface area contributed by atoms with Crippen molar-refractivity contribution in [2.45, 2.75) is 105 Å². The number of halogens is 1. The van der Waals surface area contributed by atoms with Crippen molar-refractivity contribution in [3.05, 3.63) is 107 Å². The molecule has 0 bridgehead atoms. The van der Waals surface area contributed by atoms with Crippen molar-refractivity contribution >= 4 is 11.7 Å². The number of aryl methyl sites for hydroxylation is 3. The number of ether oxygens (including phenoxy) is 2. The van der Waals surface area contributed by atoms with E-state index in [4.69, 9.17) is 14.5 Å². The van der Waals surface area contributed by atoms with Gasteiger partial charge in [-0.1, -0.05) is 48.6 Å². The lowest BCUT2D eigenvalue weighted by atomic mass is 9.89. The van der Waals surface area contributed by atoms with E-state index >= 15 is 0 Å². The Hall–Kier alpha value is -3.85. The van der Waals surface area contributed by atoms with E-state index in [1.807, 2.05) is 52.8 Å². The minimum atomic E-state index is -1.19. The first-order valence-electron chi connectivity index (χ1n) is 17.7. The second-order valence-corrected chi connectivity index (χ2v) is 14.8. The average molecular weight is 686 g/mol. The first kappa shape index (κ1) is 38.9. The summed E-state index contributed by atoms with van der Waals surface area (Å²) in [5.74, 6) is -1.23. The number of unbranched alkanes of at least 4 members (excludes halogenated alkanes) is 1. The zero-order valence-electron chi connectivity index (χ0n) is 31.2. The highest BCUT2D eigenvalue weighted by molar-refractivity contribution is 5.88. The van der Waals surface area contributed by atoms with E-state index in [9.17, 15) is 14.3 Å². The van der Waals surface area contributed by atoms with Crippen molar-refractivity contribution in [3.63, 3.8) is 0 Å². The highest BCUT2D eigenvalue weighted by Crippen LogP contribution is 2.44. The molecule has 1 atom stereocenters. The van der Waals surface area contributed by atoms with E-state index < -0.39 is 17.7 Å². The molecule has 270 valence electrons. The van der Waals surface area contributed by atoms with E-state index in [-0.39, 0.29) is 11.4 Å². The van der Waals surface area contributed by atoms with Crippen LogP contribution in [0.3, 0.4) is 0 Å². The van der Waals surface area contributed by atoms with Gasteiger partial charge in [-0.2, -0.15) is 0 Å². The molecule has 1 N–H and O–H groups in total. The highest BCUT2D eigenvalue weighted by atomic mass is 19.1. The number of nitrogens with zero attached hydrogens (tertiary/aromatic N) is 3. The van der Waals surface area contributed by atoms with Crippen LogP contribution in [0.1, 0.15) is 93.1 Å². The van der Waals surface area contributed by atoms with Crippen molar-refractivity contribution in [1.29, 1.82) is 0 Å². The Bertz CT molecular complexity index is 1640. The van der Waals surface area contributed by atoms with Crippen LogP contribution in [0.4, 0.5) is 10.1 Å². The largest absolute Gasteiger partial charge is 0.479 e. The maximum absolute atomic E-state index is 14.0. The Balaban J connectivity index is 1.74. The lowest BCUT2D eigenvalue weighted by molar-refractivity contribution is -0.160. The average Bonchev–Trinajstić information content (AvgIpc) is 3.05. The molecule has 1 unspecified atom stereocenters. The third-order valence-electron chi connectivity index (χ3n) is 9.38. The third-order valence-corrected chi connectivity index (χ3v) is 9.38. The minimum Gasteiger partial charge on any atom is -0.479 e. The number of hydrogen-bond donors (Lipinski definition) is 1. The van der Waals surface area contributed by atoms with Gasteiger partial charge in [-0.25, -0.2) is 9.18 Å². The fraction of sp³-hybridized carbons (Fsp3) is 0.476. The van der Waals surface area contributed by atoms with Crippen LogP contribution in [-0.4, -0.2) is 58.4 Å². The Labute approximate surface area is 298 Å². The van der Waals surface area contributed by atoms with Gasteiger partial charge >= 0.3 is 5.97 Å². The first-order valence-corrected chi connectivity index (χ1v) is 17.7. The van der Waals surface area contributed by atoms with Gasteiger partial charge < -0.3 is 19.5 Å². The molecule has 0 radical (unpaired) electrons. The fourth-order valence-electron chi connectivity index (χ4n) is 6.80. The maximum Gasteiger partial charge on any atom is 0.337 e. The van der Waals surface area contributed by atoms with E-state index in [0.717, 1.165) is 72.4 Å². The van der Waals surface area contributed by atoms with Gasteiger partial charge in [0.1, 0.15) is 5.82 Å². The number of carboxylic acid groups (broad SMARTS) is 1. The van der Waals surface area contributed by atoms with E-state index in [1.54, 1.807) is 19.1 Å². The van der Waals surface area contributed by atoms with Crippen LogP contribution in [0.5, 0.6) is 0 Å². The summed E-state index contributed by atoms with van der Waals surface area (Å²) >= 11 is 0. The van der Waals surface area contributed by atoms with Gasteiger partial charge in [0.25, 0.3) is 0 Å². The normalized spacial score (nSPS) is 15.3. The quantitative estimate of drug-likeness (QED) is 0.119. The molecule has 50 heavy (non-hydrogen) atoms. The topological polar surface area (TPSA) is 75.1 Å². The molecular formula is C42H56FN3O4. The molecule has 1 saturated heterocycles. The number of aromatic nitrogens is 1. The standard InChI is InChI=1S/C42H56FN3O4/c1-10-12-13-22-45(28-33-16-19-35(43)29(3)26-33)27-32-14-17-34(18-15-32)36-30(4)44-31(5)37(39(40(47)48)50-41(6,7)8)38(36)46-23-20-42(9,21-24-46)49-25-11-2/h10-11,14-19,26,39H,1-2,12-13,20-25,27-28H2,3-9H3,(H,47,48). The number of benzene rings is 2. The Morgan fingerprint density at radius 2 is 1.68 bits per heavy atom. The summed E-state index contributed by atoms with van der Waals surface area (Å²) < 4.78 is 26.4. The minimum absolute atomic E-state index is 0.190. The highest BCUT2D eigenvalue weighted by Gasteiger charge is 2.37. The zero-order valence-corrected chi connectivity index (χ0v) is 31.2. The van der Waals surface area contributed by atoms with Crippen LogP contribution in [-0.2, 0) is 27.4 Å². The summed E-state index contributed by atoms with van der Waals surface area (Å²) in [7, 11) is 0. The summed E-state index contributed by atoms with van der Waals surface area (Å²) in [6.07, 6.45) is 6.00.